The van der Waals surface area contributed by atoms with Gasteiger partial charge in [0.2, 0.25) is 0 Å². The predicted octanol–water partition coefficient (Wildman–Crippen LogP) is 2.90. The summed E-state index contributed by atoms with van der Waals surface area (Å²) in [5, 5.41) is 5.85. The Balaban J connectivity index is 2.34. The van der Waals surface area contributed by atoms with E-state index in [4.69, 9.17) is 5.73 Å². The quantitative estimate of drug-likeness (QED) is 0.518. The Morgan fingerprint density at radius 2 is 2.00 bits per heavy atom. The van der Waals surface area contributed by atoms with E-state index in [0.717, 1.165) is 12.1 Å². The number of carbonyl (C=O) groups excluding carboxylic acids is 1. The molecule has 1 aliphatic rings. The van der Waals surface area contributed by atoms with Crippen LogP contribution in [0.15, 0.2) is 52.7 Å². The number of ketones is 1. The normalized spacial score (nSPS) is 16.3. The molecule has 0 aromatic heterocycles. The van der Waals surface area contributed by atoms with E-state index in [9.17, 15) is 13.6 Å². The largest absolute Gasteiger partial charge is 0.316 e. The van der Waals surface area contributed by atoms with E-state index >= 15 is 0 Å². The molecule has 7 heteroatoms. The van der Waals surface area contributed by atoms with Crippen molar-refractivity contribution in [2.45, 2.75) is 19.9 Å². The molecule has 1 aromatic carbocycles. The Labute approximate surface area is 145 Å². The minimum atomic E-state index is -1.20. The molecule has 1 heterocycles. The lowest BCUT2D eigenvalue weighted by Gasteiger charge is -2.28. The van der Waals surface area contributed by atoms with Crippen LogP contribution in [0.1, 0.15) is 24.2 Å². The van der Waals surface area contributed by atoms with Crippen LogP contribution in [0.3, 0.4) is 0 Å². The Morgan fingerprint density at radius 3 is 2.56 bits per heavy atom. The van der Waals surface area contributed by atoms with E-state index in [2.05, 4.69) is 16.7 Å². The van der Waals surface area contributed by atoms with Crippen LogP contribution in [0.25, 0.3) is 0 Å². The number of hydrazone groups is 1. The van der Waals surface area contributed by atoms with E-state index in [1.165, 1.54) is 5.01 Å². The van der Waals surface area contributed by atoms with Crippen LogP contribution in [-0.2, 0) is 0 Å². The molecular weight excluding hydrogens is 326 g/mol. The number of nitrogens with two attached hydrogens (primary N) is 1. The van der Waals surface area contributed by atoms with Gasteiger partial charge in [-0.25, -0.2) is 13.8 Å². The minimum absolute atomic E-state index is 0.0692. The lowest BCUT2D eigenvalue weighted by atomic mass is 9.99. The smallest absolute Gasteiger partial charge is 0.188 e. The van der Waals surface area contributed by atoms with E-state index in [1.54, 1.807) is 19.2 Å². The van der Waals surface area contributed by atoms with Gasteiger partial charge >= 0.3 is 0 Å². The van der Waals surface area contributed by atoms with Gasteiger partial charge in [0.1, 0.15) is 23.5 Å². The molecule has 0 spiro atoms. The molecule has 0 amide bonds. The third kappa shape index (κ3) is 3.88. The highest BCUT2D eigenvalue weighted by molar-refractivity contribution is 6.20. The Kier molecular flexibility index (Phi) is 5.58. The van der Waals surface area contributed by atoms with Gasteiger partial charge in [0, 0.05) is 19.0 Å². The molecule has 0 saturated carbocycles. The Bertz CT molecular complexity index is 796. The van der Waals surface area contributed by atoms with Crippen LogP contribution in [0.4, 0.5) is 8.78 Å². The van der Waals surface area contributed by atoms with Crippen molar-refractivity contribution in [3.8, 4) is 0 Å². The highest BCUT2D eigenvalue weighted by atomic mass is 19.1. The second kappa shape index (κ2) is 7.48. The molecule has 0 radical (unpaired) electrons. The van der Waals surface area contributed by atoms with E-state index in [0.29, 0.717) is 17.6 Å². The van der Waals surface area contributed by atoms with E-state index < -0.39 is 23.5 Å². The number of aliphatic imine (C=N–C) groups is 1. The molecule has 1 aliphatic heterocycles. The molecule has 2 rings (SSSR count). The molecule has 5 nitrogen and oxygen atoms in total. The second-order valence-corrected chi connectivity index (χ2v) is 5.86. The predicted molar refractivity (Wildman–Crippen MR) is 94.4 cm³/mol. The molecule has 1 aromatic rings. The number of Topliss-reactive ketones (excluding diaryl/α,β-unsaturated/α-hetero) is 1. The fraction of sp³-hybridized carbons (Fsp3) is 0.278. The molecule has 2 N–H and O–H groups in total. The summed E-state index contributed by atoms with van der Waals surface area (Å²) in [5.74, 6) is -1.69. The zero-order valence-corrected chi connectivity index (χ0v) is 14.3. The van der Waals surface area contributed by atoms with Crippen molar-refractivity contribution in [2.24, 2.45) is 21.7 Å². The fourth-order valence-corrected chi connectivity index (χ4v) is 2.42. The third-order valence-electron chi connectivity index (χ3n) is 3.69. The van der Waals surface area contributed by atoms with Gasteiger partial charge in [-0.15, -0.1) is 0 Å². The van der Waals surface area contributed by atoms with Crippen LogP contribution in [-0.4, -0.2) is 35.4 Å². The summed E-state index contributed by atoms with van der Waals surface area (Å²) in [6.45, 7) is 7.78. The van der Waals surface area contributed by atoms with Gasteiger partial charge in [-0.05, 0) is 24.3 Å². The molecule has 0 fully saturated rings. The summed E-state index contributed by atoms with van der Waals surface area (Å²) >= 11 is 0. The zero-order valence-electron chi connectivity index (χ0n) is 14.3. The van der Waals surface area contributed by atoms with Crippen molar-refractivity contribution in [1.29, 1.82) is 0 Å². The SMILES string of the molecule is C=C1C=CC(C(N)C(=O)c2ccc(F)cc2F)=NN1/C(=N\C)C(C)C. The number of rotatable bonds is 4. The number of nitrogens with zero attached hydrogens (tertiary/aromatic N) is 3. The average Bonchev–Trinajstić information content (AvgIpc) is 2.55. The first-order chi connectivity index (χ1) is 11.8. The van der Waals surface area contributed by atoms with Crippen molar-refractivity contribution < 1.29 is 13.6 Å². The topological polar surface area (TPSA) is 71.1 Å². The molecule has 1 unspecified atom stereocenters. The summed E-state index contributed by atoms with van der Waals surface area (Å²) in [6, 6.07) is 1.53. The average molecular weight is 346 g/mol. The number of benzene rings is 1. The van der Waals surface area contributed by atoms with Crippen molar-refractivity contribution in [1.82, 2.24) is 5.01 Å². The van der Waals surface area contributed by atoms with Gasteiger partial charge < -0.3 is 5.73 Å². The van der Waals surface area contributed by atoms with Crippen LogP contribution >= 0.6 is 0 Å². The molecule has 0 saturated heterocycles. The number of amidine groups is 1. The molecule has 0 bridgehead atoms. The summed E-state index contributed by atoms with van der Waals surface area (Å²) in [5.41, 5.74) is 6.50. The third-order valence-corrected chi connectivity index (χ3v) is 3.69. The fourth-order valence-electron chi connectivity index (χ4n) is 2.42. The van der Waals surface area contributed by atoms with Crippen LogP contribution < -0.4 is 5.73 Å². The first-order valence-electron chi connectivity index (χ1n) is 7.73. The van der Waals surface area contributed by atoms with Crippen molar-refractivity contribution in [2.75, 3.05) is 7.05 Å². The lowest BCUT2D eigenvalue weighted by Crippen LogP contribution is -2.42. The Morgan fingerprint density at radius 1 is 1.32 bits per heavy atom. The van der Waals surface area contributed by atoms with Crippen LogP contribution in [0, 0.1) is 17.6 Å². The van der Waals surface area contributed by atoms with E-state index in [-0.39, 0.29) is 17.2 Å². The number of allylic oxidation sites excluding steroid dienone is 1. The first kappa shape index (κ1) is 18.7. The number of halogens is 2. The van der Waals surface area contributed by atoms with Crippen LogP contribution in [0.5, 0.6) is 0 Å². The lowest BCUT2D eigenvalue weighted by molar-refractivity contribution is 0.0980. The first-order valence-corrected chi connectivity index (χ1v) is 7.73. The van der Waals surface area contributed by atoms with E-state index in [1.807, 2.05) is 13.8 Å². The van der Waals surface area contributed by atoms with Gasteiger partial charge in [-0.2, -0.15) is 5.10 Å². The maximum absolute atomic E-state index is 13.8. The molecular formula is C18H20F2N4O. The van der Waals surface area contributed by atoms with Crippen molar-refractivity contribution in [3.63, 3.8) is 0 Å². The molecule has 1 atom stereocenters. The van der Waals surface area contributed by atoms with Gasteiger partial charge in [0.05, 0.1) is 17.0 Å². The summed E-state index contributed by atoms with van der Waals surface area (Å²) in [4.78, 5) is 16.7. The monoisotopic (exact) mass is 346 g/mol. The van der Waals surface area contributed by atoms with Crippen molar-refractivity contribution in [3.05, 3.63) is 59.8 Å². The standard InChI is InChI=1S/C18H20F2N4O/c1-10(2)18(22-4)24-11(3)5-8-15(23-24)16(21)17(25)13-7-6-12(19)9-14(13)20/h5-10,16H,3,21H2,1-2,4H3/b22-18-. The molecule has 0 aliphatic carbocycles. The maximum Gasteiger partial charge on any atom is 0.188 e. The minimum Gasteiger partial charge on any atom is -0.316 e. The second-order valence-electron chi connectivity index (χ2n) is 5.86. The summed E-state index contributed by atoms with van der Waals surface area (Å²) < 4.78 is 26.9. The van der Waals surface area contributed by atoms with Gasteiger partial charge in [0.15, 0.2) is 5.78 Å². The maximum atomic E-state index is 13.8. The molecule has 132 valence electrons. The van der Waals surface area contributed by atoms with Crippen LogP contribution in [0.2, 0.25) is 0 Å². The van der Waals surface area contributed by atoms with Gasteiger partial charge in [-0.3, -0.25) is 9.79 Å². The van der Waals surface area contributed by atoms with Crippen molar-refractivity contribution >= 4 is 17.3 Å². The molecule has 25 heavy (non-hydrogen) atoms. The van der Waals surface area contributed by atoms with Gasteiger partial charge in [-0.1, -0.05) is 20.4 Å². The van der Waals surface area contributed by atoms with Gasteiger partial charge in [0.25, 0.3) is 0 Å². The number of hydrogen-bond acceptors (Lipinski definition) is 4. The Hall–Kier alpha value is -2.67. The number of hydrogen-bond donors (Lipinski definition) is 1. The summed E-state index contributed by atoms with van der Waals surface area (Å²) in [6.07, 6.45) is 3.21. The number of carbonyl (C=O) groups is 1. The zero-order chi connectivity index (χ0) is 18.7. The summed E-state index contributed by atoms with van der Waals surface area (Å²) in [7, 11) is 1.63. The highest BCUT2D eigenvalue weighted by Gasteiger charge is 2.27. The highest BCUT2D eigenvalue weighted by Crippen LogP contribution is 2.19.